The average molecular weight is 763 g/mol. The van der Waals surface area contributed by atoms with Crippen molar-refractivity contribution in [2.45, 2.75) is 44.3 Å². The van der Waals surface area contributed by atoms with E-state index in [2.05, 4.69) is 213 Å². The summed E-state index contributed by atoms with van der Waals surface area (Å²) in [6.07, 6.45) is 9.46. The predicted octanol–water partition coefficient (Wildman–Crippen LogP) is 14.0. The van der Waals surface area contributed by atoms with E-state index in [9.17, 15) is 0 Å². The van der Waals surface area contributed by atoms with Crippen LogP contribution in [0.15, 0.2) is 176 Å². The number of hydrogen-bond acceptors (Lipinski definition) is 4. The summed E-state index contributed by atoms with van der Waals surface area (Å²) in [5.74, 6) is 2.03. The van der Waals surface area contributed by atoms with Gasteiger partial charge in [0, 0.05) is 74.4 Å². The number of benzene rings is 7. The molecule has 4 heteroatoms. The van der Waals surface area contributed by atoms with Crippen LogP contribution in [0.3, 0.4) is 0 Å². The van der Waals surface area contributed by atoms with Gasteiger partial charge >= 0.3 is 0 Å². The van der Waals surface area contributed by atoms with Crippen molar-refractivity contribution in [3.05, 3.63) is 220 Å². The molecule has 0 saturated heterocycles. The first-order valence-electron chi connectivity index (χ1n) is 20.7. The van der Waals surface area contributed by atoms with E-state index in [0.29, 0.717) is 0 Å². The normalized spacial score (nSPS) is 20.8. The number of allylic oxidation sites excluding steroid dienone is 2. The fourth-order valence-corrected chi connectivity index (χ4v) is 10.4. The quantitative estimate of drug-likeness (QED) is 0.168. The maximum Gasteiger partial charge on any atom is 0.142 e. The van der Waals surface area contributed by atoms with E-state index in [0.717, 1.165) is 45.6 Å². The first-order valence-corrected chi connectivity index (χ1v) is 20.7. The van der Waals surface area contributed by atoms with Crippen LogP contribution in [0.2, 0.25) is 0 Å². The summed E-state index contributed by atoms with van der Waals surface area (Å²) in [6.45, 7) is 6.63. The minimum Gasteiger partial charge on any atom is -0.484 e. The van der Waals surface area contributed by atoms with E-state index >= 15 is 0 Å². The fourth-order valence-electron chi connectivity index (χ4n) is 10.4. The zero-order valence-corrected chi connectivity index (χ0v) is 33.3. The van der Waals surface area contributed by atoms with Crippen molar-refractivity contribution in [3.8, 4) is 11.5 Å². The summed E-state index contributed by atoms with van der Waals surface area (Å²) in [5.41, 5.74) is 18.6. The monoisotopic (exact) mass is 762 g/mol. The second-order valence-corrected chi connectivity index (χ2v) is 16.6. The molecule has 284 valence electrons. The summed E-state index contributed by atoms with van der Waals surface area (Å²) >= 11 is 0. The highest BCUT2D eigenvalue weighted by molar-refractivity contribution is 5.98. The Bertz CT molecular complexity index is 2960. The van der Waals surface area contributed by atoms with Crippen molar-refractivity contribution in [1.82, 2.24) is 0 Å². The molecule has 2 heterocycles. The van der Waals surface area contributed by atoms with Crippen LogP contribution < -0.4 is 19.3 Å². The Morgan fingerprint density at radius 2 is 1.20 bits per heavy atom. The van der Waals surface area contributed by atoms with Gasteiger partial charge < -0.3 is 19.3 Å². The first kappa shape index (κ1) is 34.0. The van der Waals surface area contributed by atoms with E-state index < -0.39 is 5.60 Å². The lowest BCUT2D eigenvalue weighted by atomic mass is 9.65. The van der Waals surface area contributed by atoms with E-state index in [-0.39, 0.29) is 17.9 Å². The largest absolute Gasteiger partial charge is 0.484 e. The van der Waals surface area contributed by atoms with Crippen molar-refractivity contribution in [3.63, 3.8) is 0 Å². The van der Waals surface area contributed by atoms with Crippen LogP contribution in [-0.2, 0) is 5.60 Å². The Balaban J connectivity index is 0.913. The molecule has 59 heavy (non-hydrogen) atoms. The number of anilines is 6. The Hall–Kier alpha value is -7.04. The lowest BCUT2D eigenvalue weighted by Gasteiger charge is -2.41. The number of rotatable bonds is 6. The molecule has 0 N–H and O–H groups in total. The molecular formula is C55H42N2O2. The highest BCUT2D eigenvalue weighted by Gasteiger charge is 2.52. The third-order valence-electron chi connectivity index (χ3n) is 13.2. The van der Waals surface area contributed by atoms with Gasteiger partial charge in [-0.05, 0) is 115 Å². The zero-order valence-electron chi connectivity index (χ0n) is 33.3. The fraction of sp³-hybridized carbons (Fsp3) is 0.127. The average Bonchev–Trinajstić information content (AvgIpc) is 3.78. The van der Waals surface area contributed by atoms with Gasteiger partial charge in [0.05, 0.1) is 5.92 Å². The highest BCUT2D eigenvalue weighted by atomic mass is 16.5. The topological polar surface area (TPSA) is 24.9 Å². The second-order valence-electron chi connectivity index (χ2n) is 16.6. The molecule has 0 aromatic heterocycles. The van der Waals surface area contributed by atoms with Crippen LogP contribution in [0.5, 0.6) is 11.5 Å². The zero-order chi connectivity index (χ0) is 39.4. The minimum absolute atomic E-state index is 0.0813. The molecule has 0 amide bonds. The summed E-state index contributed by atoms with van der Waals surface area (Å²) in [6, 6.07) is 56.5. The van der Waals surface area contributed by atoms with Crippen LogP contribution in [0, 0.1) is 13.8 Å². The molecule has 0 saturated carbocycles. The van der Waals surface area contributed by atoms with Gasteiger partial charge in [0.2, 0.25) is 0 Å². The van der Waals surface area contributed by atoms with Gasteiger partial charge in [-0.15, -0.1) is 0 Å². The molecule has 4 atom stereocenters. The number of para-hydroxylation sites is 4. The highest BCUT2D eigenvalue weighted by Crippen LogP contribution is 2.61. The first-order chi connectivity index (χ1) is 28.9. The molecule has 2 aliphatic heterocycles. The van der Waals surface area contributed by atoms with Gasteiger partial charge in [0.1, 0.15) is 23.2 Å². The van der Waals surface area contributed by atoms with Gasteiger partial charge in [0.25, 0.3) is 0 Å². The molecule has 12 rings (SSSR count). The molecule has 4 nitrogen and oxygen atoms in total. The van der Waals surface area contributed by atoms with Crippen LogP contribution in [0.4, 0.5) is 34.1 Å². The maximum absolute atomic E-state index is 7.22. The summed E-state index contributed by atoms with van der Waals surface area (Å²) in [4.78, 5) is 4.67. The summed E-state index contributed by atoms with van der Waals surface area (Å²) in [7, 11) is 0. The van der Waals surface area contributed by atoms with E-state index in [1.54, 1.807) is 0 Å². The summed E-state index contributed by atoms with van der Waals surface area (Å²) in [5, 5.41) is 0. The molecule has 0 radical (unpaired) electrons. The molecule has 7 aromatic rings. The molecule has 0 bridgehead atoms. The number of hydrogen-bond donors (Lipinski definition) is 0. The molecule has 0 fully saturated rings. The molecule has 5 aliphatic rings. The standard InChI is InChI=1S/C55H42N2O2/c1-34-14-10-12-20-48(34)56(38-16-6-4-7-17-38)40-24-27-42-45-30-36-23-29-46-53-37(22-26-44(52(36)53)54(45)58-50(42)32-40)31-47-43-28-25-41(33-51(43)59-55(46,47)3)57(39-18-8-5-9-19-39)49-21-13-11-15-35(49)2/h4-33,44,47,54H,1-3H3. The minimum atomic E-state index is -0.556. The van der Waals surface area contributed by atoms with E-state index in [1.165, 1.54) is 55.7 Å². The Morgan fingerprint density at radius 1 is 0.593 bits per heavy atom. The van der Waals surface area contributed by atoms with Crippen LogP contribution >= 0.6 is 0 Å². The Kier molecular flexibility index (Phi) is 7.34. The number of nitrogens with zero attached hydrogens (tertiary/aromatic N) is 2. The second kappa shape index (κ2) is 12.7. The van der Waals surface area contributed by atoms with Crippen molar-refractivity contribution in [2.24, 2.45) is 0 Å². The molecule has 0 spiro atoms. The van der Waals surface area contributed by atoms with Crippen molar-refractivity contribution < 1.29 is 9.47 Å². The SMILES string of the molecule is Cc1ccccc1N(c1ccccc1)c1ccc2c(c1)OC1C2=Cc2ccc3c4c2C1C=CC4=CC1c2ccc(N(c4ccccc4)c4ccccc4C)cc2OC31C. The van der Waals surface area contributed by atoms with Gasteiger partial charge in [-0.2, -0.15) is 0 Å². The number of aryl methyl sites for hydroxylation is 2. The van der Waals surface area contributed by atoms with Gasteiger partial charge in [-0.3, -0.25) is 0 Å². The maximum atomic E-state index is 7.22. The van der Waals surface area contributed by atoms with Gasteiger partial charge in [-0.25, -0.2) is 0 Å². The van der Waals surface area contributed by atoms with E-state index in [4.69, 9.17) is 9.47 Å². The Labute approximate surface area is 345 Å². The number of ether oxygens (including phenoxy) is 2. The lowest BCUT2D eigenvalue weighted by molar-refractivity contribution is 0.0991. The Morgan fingerprint density at radius 3 is 1.86 bits per heavy atom. The van der Waals surface area contributed by atoms with Crippen molar-refractivity contribution in [1.29, 1.82) is 0 Å². The molecule has 7 aromatic carbocycles. The smallest absolute Gasteiger partial charge is 0.142 e. The number of fused-ring (bicyclic) bond motifs is 8. The van der Waals surface area contributed by atoms with Crippen LogP contribution in [0.1, 0.15) is 63.3 Å². The van der Waals surface area contributed by atoms with Crippen LogP contribution in [-0.4, -0.2) is 6.10 Å². The van der Waals surface area contributed by atoms with Gasteiger partial charge in [-0.1, -0.05) is 109 Å². The molecule has 4 unspecified atom stereocenters. The lowest BCUT2D eigenvalue weighted by Crippen LogP contribution is -2.37. The van der Waals surface area contributed by atoms with Crippen molar-refractivity contribution >= 4 is 51.3 Å². The molecular weight excluding hydrogens is 721 g/mol. The molecule has 3 aliphatic carbocycles. The van der Waals surface area contributed by atoms with Gasteiger partial charge in [0.15, 0.2) is 0 Å². The van der Waals surface area contributed by atoms with Crippen LogP contribution in [0.25, 0.3) is 17.2 Å². The predicted molar refractivity (Wildman–Crippen MR) is 241 cm³/mol. The summed E-state index contributed by atoms with van der Waals surface area (Å²) < 4.78 is 14.3. The van der Waals surface area contributed by atoms with Crippen molar-refractivity contribution in [2.75, 3.05) is 9.80 Å². The van der Waals surface area contributed by atoms with E-state index in [1.807, 2.05) is 0 Å². The third-order valence-corrected chi connectivity index (χ3v) is 13.2. The third kappa shape index (κ3) is 5.02.